The zero-order valence-corrected chi connectivity index (χ0v) is 10.4. The van der Waals surface area contributed by atoms with Gasteiger partial charge < -0.3 is 9.47 Å². The van der Waals surface area contributed by atoms with Crippen LogP contribution in [0.2, 0.25) is 0 Å². The predicted molar refractivity (Wildman–Crippen MR) is 67.0 cm³/mol. The highest BCUT2D eigenvalue weighted by molar-refractivity contribution is 5.74. The molecule has 0 amide bonds. The molecule has 0 aliphatic rings. The summed E-state index contributed by atoms with van der Waals surface area (Å²) in [4.78, 5) is 11.6. The maximum Gasteiger partial charge on any atom is 0.347 e. The van der Waals surface area contributed by atoms with Crippen molar-refractivity contribution in [2.45, 2.75) is 20.0 Å². The number of carbonyl (C=O) groups excluding carboxylic acids is 1. The predicted octanol–water partition coefficient (Wildman–Crippen LogP) is 2.44. The second-order valence-electron chi connectivity index (χ2n) is 3.57. The smallest absolute Gasteiger partial charge is 0.347 e. The minimum atomic E-state index is -0.746. The van der Waals surface area contributed by atoms with E-state index in [2.05, 4.69) is 0 Å². The molecule has 1 rings (SSSR count). The van der Waals surface area contributed by atoms with Crippen LogP contribution >= 0.6 is 0 Å². The number of rotatable bonds is 5. The highest BCUT2D eigenvalue weighted by atomic mass is 16.6. The van der Waals surface area contributed by atoms with Crippen LogP contribution in [0.5, 0.6) is 5.75 Å². The molecule has 18 heavy (non-hydrogen) atoms. The lowest BCUT2D eigenvalue weighted by Crippen LogP contribution is -2.26. The Labute approximate surface area is 106 Å². The first-order valence-corrected chi connectivity index (χ1v) is 5.62. The van der Waals surface area contributed by atoms with Crippen molar-refractivity contribution < 1.29 is 14.3 Å². The van der Waals surface area contributed by atoms with E-state index in [4.69, 9.17) is 14.7 Å². The molecule has 94 valence electrons. The molecular weight excluding hydrogens is 230 g/mol. The average Bonchev–Trinajstić information content (AvgIpc) is 2.39. The molecule has 0 aromatic heterocycles. The van der Waals surface area contributed by atoms with Gasteiger partial charge in [-0.15, -0.1) is 0 Å². The van der Waals surface area contributed by atoms with E-state index in [1.54, 1.807) is 43.3 Å². The maximum absolute atomic E-state index is 11.6. The van der Waals surface area contributed by atoms with Crippen LogP contribution < -0.4 is 4.74 Å². The van der Waals surface area contributed by atoms with E-state index >= 15 is 0 Å². The lowest BCUT2D eigenvalue weighted by atomic mass is 10.2. The summed E-state index contributed by atoms with van der Waals surface area (Å²) in [5.41, 5.74) is 0.394. The number of nitriles is 1. The van der Waals surface area contributed by atoms with Crippen LogP contribution in [-0.4, -0.2) is 18.7 Å². The summed E-state index contributed by atoms with van der Waals surface area (Å²) in [6.07, 6.45) is 2.78. The molecular formula is C14H15NO3. The van der Waals surface area contributed by atoms with Crippen molar-refractivity contribution in [2.75, 3.05) is 6.61 Å². The van der Waals surface area contributed by atoms with Gasteiger partial charge in [0.25, 0.3) is 0 Å². The Morgan fingerprint density at radius 3 is 2.89 bits per heavy atom. The minimum Gasteiger partial charge on any atom is -0.478 e. The number of hydrogen-bond acceptors (Lipinski definition) is 4. The molecule has 1 atom stereocenters. The number of carbonyl (C=O) groups is 1. The molecule has 0 N–H and O–H groups in total. The summed E-state index contributed by atoms with van der Waals surface area (Å²) in [6, 6.07) is 8.76. The molecule has 4 heteroatoms. The molecule has 0 heterocycles. The van der Waals surface area contributed by atoms with Gasteiger partial charge in [-0.05, 0) is 26.0 Å². The third-order valence-electron chi connectivity index (χ3n) is 2.20. The first-order chi connectivity index (χ1) is 8.69. The molecule has 0 bridgehead atoms. The molecule has 1 aromatic carbocycles. The van der Waals surface area contributed by atoms with E-state index in [1.807, 2.05) is 13.0 Å². The van der Waals surface area contributed by atoms with Gasteiger partial charge in [0.05, 0.1) is 5.56 Å². The molecule has 0 saturated carbocycles. The van der Waals surface area contributed by atoms with E-state index < -0.39 is 12.1 Å². The van der Waals surface area contributed by atoms with Gasteiger partial charge in [0.1, 0.15) is 18.4 Å². The summed E-state index contributed by atoms with van der Waals surface area (Å²) in [6.45, 7) is 3.66. The van der Waals surface area contributed by atoms with E-state index in [1.165, 1.54) is 0 Å². The van der Waals surface area contributed by atoms with Crippen LogP contribution in [-0.2, 0) is 9.53 Å². The zero-order valence-electron chi connectivity index (χ0n) is 10.4. The molecule has 0 spiro atoms. The van der Waals surface area contributed by atoms with E-state index in [0.29, 0.717) is 11.3 Å². The molecule has 4 nitrogen and oxygen atoms in total. The highest BCUT2D eigenvalue weighted by Crippen LogP contribution is 2.18. The monoisotopic (exact) mass is 245 g/mol. The van der Waals surface area contributed by atoms with Gasteiger partial charge in [0.15, 0.2) is 6.10 Å². The number of para-hydroxylation sites is 1. The standard InChI is InChI=1S/C14H15NO3/c1-3-4-9-17-14(16)11(2)18-13-8-6-5-7-12(13)10-15/h3-8,11H,9H2,1-2H3. The van der Waals surface area contributed by atoms with Crippen molar-refractivity contribution >= 4 is 5.97 Å². The number of ether oxygens (including phenoxy) is 2. The first kappa shape index (κ1) is 13.8. The zero-order chi connectivity index (χ0) is 13.4. The number of hydrogen-bond donors (Lipinski definition) is 0. The fourth-order valence-electron chi connectivity index (χ4n) is 1.24. The third-order valence-corrected chi connectivity index (χ3v) is 2.20. The van der Waals surface area contributed by atoms with Gasteiger partial charge in [0, 0.05) is 0 Å². The quantitative estimate of drug-likeness (QED) is 0.590. The number of benzene rings is 1. The van der Waals surface area contributed by atoms with Gasteiger partial charge >= 0.3 is 5.97 Å². The topological polar surface area (TPSA) is 59.3 Å². The largest absolute Gasteiger partial charge is 0.478 e. The van der Waals surface area contributed by atoms with Crippen molar-refractivity contribution in [2.24, 2.45) is 0 Å². The normalized spacial score (nSPS) is 11.8. The van der Waals surface area contributed by atoms with Gasteiger partial charge in [-0.2, -0.15) is 5.26 Å². The fraction of sp³-hybridized carbons (Fsp3) is 0.286. The van der Waals surface area contributed by atoms with Crippen LogP contribution in [0, 0.1) is 11.3 Å². The minimum absolute atomic E-state index is 0.225. The number of nitrogens with zero attached hydrogens (tertiary/aromatic N) is 1. The fourth-order valence-corrected chi connectivity index (χ4v) is 1.24. The van der Waals surface area contributed by atoms with E-state index in [0.717, 1.165) is 0 Å². The summed E-state index contributed by atoms with van der Waals surface area (Å²) >= 11 is 0. The van der Waals surface area contributed by atoms with Gasteiger partial charge in [-0.1, -0.05) is 24.3 Å². The lowest BCUT2D eigenvalue weighted by Gasteiger charge is -2.14. The third kappa shape index (κ3) is 3.95. The summed E-state index contributed by atoms with van der Waals surface area (Å²) in [7, 11) is 0. The maximum atomic E-state index is 11.6. The number of esters is 1. The van der Waals surface area contributed by atoms with E-state index in [9.17, 15) is 4.79 Å². The van der Waals surface area contributed by atoms with E-state index in [-0.39, 0.29) is 6.61 Å². The molecule has 0 saturated heterocycles. The summed E-state index contributed by atoms with van der Waals surface area (Å²) in [5, 5.41) is 8.89. The lowest BCUT2D eigenvalue weighted by molar-refractivity contribution is -0.149. The van der Waals surface area contributed by atoms with Gasteiger partial charge in [0.2, 0.25) is 0 Å². The van der Waals surface area contributed by atoms with Crippen LogP contribution in [0.1, 0.15) is 19.4 Å². The van der Waals surface area contributed by atoms with Crippen molar-refractivity contribution in [1.29, 1.82) is 5.26 Å². The van der Waals surface area contributed by atoms with Crippen molar-refractivity contribution in [1.82, 2.24) is 0 Å². The SMILES string of the molecule is CC=CCOC(=O)C(C)Oc1ccccc1C#N. The highest BCUT2D eigenvalue weighted by Gasteiger charge is 2.17. The first-order valence-electron chi connectivity index (χ1n) is 5.62. The Morgan fingerprint density at radius 1 is 1.50 bits per heavy atom. The van der Waals surface area contributed by atoms with Gasteiger partial charge in [-0.3, -0.25) is 0 Å². The van der Waals surface area contributed by atoms with Crippen LogP contribution in [0.25, 0.3) is 0 Å². The molecule has 1 aromatic rings. The molecule has 0 aliphatic heterocycles. The molecule has 1 unspecified atom stereocenters. The molecule has 0 radical (unpaired) electrons. The number of allylic oxidation sites excluding steroid dienone is 1. The second-order valence-corrected chi connectivity index (χ2v) is 3.57. The van der Waals surface area contributed by atoms with Crippen LogP contribution in [0.3, 0.4) is 0 Å². The Hall–Kier alpha value is -2.28. The molecule has 0 aliphatic carbocycles. The summed E-state index contributed by atoms with van der Waals surface area (Å²) < 4.78 is 10.4. The Balaban J connectivity index is 2.61. The second kappa shape index (κ2) is 7.13. The van der Waals surface area contributed by atoms with Crippen LogP contribution in [0.4, 0.5) is 0 Å². The van der Waals surface area contributed by atoms with Gasteiger partial charge in [-0.25, -0.2) is 4.79 Å². The Morgan fingerprint density at radius 2 is 2.22 bits per heavy atom. The molecule has 0 fully saturated rings. The Kier molecular flexibility index (Phi) is 5.46. The van der Waals surface area contributed by atoms with Crippen molar-refractivity contribution in [3.8, 4) is 11.8 Å². The van der Waals surface area contributed by atoms with Crippen molar-refractivity contribution in [3.63, 3.8) is 0 Å². The van der Waals surface area contributed by atoms with Crippen molar-refractivity contribution in [3.05, 3.63) is 42.0 Å². The summed E-state index contributed by atoms with van der Waals surface area (Å²) in [5.74, 6) is -0.0728. The Bertz CT molecular complexity index is 474. The average molecular weight is 245 g/mol. The van der Waals surface area contributed by atoms with Crippen LogP contribution in [0.15, 0.2) is 36.4 Å².